The van der Waals surface area contributed by atoms with Crippen molar-refractivity contribution in [2.75, 3.05) is 5.12 Å². The Bertz CT molecular complexity index is 1160. The maximum atomic E-state index is 14.6. The van der Waals surface area contributed by atoms with E-state index in [0.29, 0.717) is 6.07 Å². The van der Waals surface area contributed by atoms with Crippen molar-refractivity contribution in [2.24, 2.45) is 0 Å². The minimum Gasteiger partial charge on any atom is -0.478 e. The van der Waals surface area contributed by atoms with Gasteiger partial charge in [-0.05, 0) is 36.6 Å². The molecular formula is C20H12F7NO5. The van der Waals surface area contributed by atoms with Crippen molar-refractivity contribution in [3.8, 4) is 16.9 Å². The molecule has 0 bridgehead atoms. The Balaban J connectivity index is 2.03. The number of alkyl halides is 3. The molecule has 0 saturated heterocycles. The number of ether oxygens (including phenoxy) is 1. The highest BCUT2D eigenvalue weighted by Gasteiger charge is 2.38. The predicted molar refractivity (Wildman–Crippen MR) is 96.9 cm³/mol. The first kappa shape index (κ1) is 24.0. The van der Waals surface area contributed by atoms with Crippen molar-refractivity contribution < 1.29 is 55.4 Å². The normalized spacial score (nSPS) is 16.2. The second-order valence-electron chi connectivity index (χ2n) is 6.80. The lowest BCUT2D eigenvalue weighted by molar-refractivity contribution is -0.274. The highest BCUT2D eigenvalue weighted by Crippen LogP contribution is 2.37. The molecule has 2 aromatic carbocycles. The SMILES string of the molecule is O=C(O)C1=C(C(=O)N(F)c2c(F)cc(-c3cccc(OC(F)(F)F)c3)c(F)c2F)C(O)CC1. The Morgan fingerprint density at radius 2 is 1.76 bits per heavy atom. The standard InChI is InChI=1S/C20H12F7NO5/c21-12-7-11(8-2-1-3-9(6-8)33-20(24,25)26)15(22)16(23)17(12)28(27)18(30)14-10(19(31)32)4-5-13(14)29/h1-3,6-7,13,29H,4-5H2,(H,31,32). The molecule has 0 radical (unpaired) electrons. The van der Waals surface area contributed by atoms with Gasteiger partial charge in [0.05, 0.1) is 11.7 Å². The van der Waals surface area contributed by atoms with Gasteiger partial charge < -0.3 is 14.9 Å². The van der Waals surface area contributed by atoms with Crippen molar-refractivity contribution in [3.05, 3.63) is 58.9 Å². The third-order valence-electron chi connectivity index (χ3n) is 4.70. The summed E-state index contributed by atoms with van der Waals surface area (Å²) in [6.45, 7) is 0. The second kappa shape index (κ2) is 8.73. The van der Waals surface area contributed by atoms with E-state index >= 15 is 0 Å². The number of nitrogens with zero attached hydrogens (tertiary/aromatic N) is 1. The molecule has 1 unspecified atom stereocenters. The molecule has 6 nitrogen and oxygen atoms in total. The van der Waals surface area contributed by atoms with E-state index in [1.807, 2.05) is 0 Å². The van der Waals surface area contributed by atoms with Gasteiger partial charge in [-0.25, -0.2) is 18.0 Å². The van der Waals surface area contributed by atoms with Gasteiger partial charge in [-0.2, -0.15) is 0 Å². The maximum Gasteiger partial charge on any atom is 0.573 e. The number of halogens is 7. The Hall–Kier alpha value is -3.61. The third-order valence-corrected chi connectivity index (χ3v) is 4.70. The van der Waals surface area contributed by atoms with E-state index in [0.717, 1.165) is 18.2 Å². The highest BCUT2D eigenvalue weighted by molar-refractivity contribution is 6.10. The van der Waals surface area contributed by atoms with Crippen molar-refractivity contribution >= 4 is 17.6 Å². The molecular weight excluding hydrogens is 467 g/mol. The smallest absolute Gasteiger partial charge is 0.478 e. The van der Waals surface area contributed by atoms with Gasteiger partial charge in [0.1, 0.15) is 5.75 Å². The van der Waals surface area contributed by atoms with Crippen molar-refractivity contribution in [3.63, 3.8) is 0 Å². The summed E-state index contributed by atoms with van der Waals surface area (Å²) in [6, 6.07) is 3.68. The number of benzene rings is 2. The van der Waals surface area contributed by atoms with E-state index in [-0.39, 0.29) is 18.9 Å². The lowest BCUT2D eigenvalue weighted by Gasteiger charge is -2.18. The number of aliphatic hydroxyl groups excluding tert-OH is 1. The monoisotopic (exact) mass is 479 g/mol. The number of hydrogen-bond acceptors (Lipinski definition) is 4. The van der Waals surface area contributed by atoms with E-state index < -0.39 is 80.6 Å². The number of amides is 1. The summed E-state index contributed by atoms with van der Waals surface area (Å²) >= 11 is 0. The summed E-state index contributed by atoms with van der Waals surface area (Å²) in [5.41, 5.74) is -4.83. The molecule has 3 rings (SSSR count). The maximum absolute atomic E-state index is 14.6. The number of carboxylic acid groups (broad SMARTS) is 1. The molecule has 176 valence electrons. The Kier molecular flexibility index (Phi) is 6.36. The van der Waals surface area contributed by atoms with Crippen molar-refractivity contribution in [2.45, 2.75) is 25.3 Å². The van der Waals surface area contributed by atoms with Crippen LogP contribution in [-0.4, -0.2) is 34.6 Å². The number of anilines is 1. The molecule has 0 saturated carbocycles. The van der Waals surface area contributed by atoms with E-state index in [4.69, 9.17) is 5.11 Å². The number of carbonyl (C=O) groups is 2. The fourth-order valence-corrected chi connectivity index (χ4v) is 3.30. The van der Waals surface area contributed by atoms with E-state index in [1.165, 1.54) is 0 Å². The van der Waals surface area contributed by atoms with E-state index in [9.17, 15) is 45.5 Å². The molecule has 13 heteroatoms. The fraction of sp³-hybridized carbons (Fsp3) is 0.200. The average Bonchev–Trinajstić information content (AvgIpc) is 3.10. The number of aliphatic carboxylic acids is 1. The molecule has 1 aliphatic rings. The molecule has 1 aliphatic carbocycles. The van der Waals surface area contributed by atoms with E-state index in [2.05, 4.69) is 4.74 Å². The van der Waals surface area contributed by atoms with Crippen molar-refractivity contribution in [1.29, 1.82) is 0 Å². The number of rotatable bonds is 5. The number of hydrogen-bond donors (Lipinski definition) is 2. The molecule has 0 aliphatic heterocycles. The zero-order chi connectivity index (χ0) is 24.7. The van der Waals surface area contributed by atoms with Crippen LogP contribution in [0.1, 0.15) is 12.8 Å². The van der Waals surface area contributed by atoms with E-state index in [1.54, 1.807) is 0 Å². The molecule has 0 spiro atoms. The first-order chi connectivity index (χ1) is 15.3. The summed E-state index contributed by atoms with van der Waals surface area (Å²) in [7, 11) is 0. The largest absolute Gasteiger partial charge is 0.573 e. The van der Waals surface area contributed by atoms with Gasteiger partial charge in [0.25, 0.3) is 5.91 Å². The van der Waals surface area contributed by atoms with Crippen LogP contribution < -0.4 is 9.86 Å². The molecule has 1 atom stereocenters. The van der Waals surface area contributed by atoms with Crippen LogP contribution in [0.3, 0.4) is 0 Å². The van der Waals surface area contributed by atoms with Crippen LogP contribution >= 0.6 is 0 Å². The Morgan fingerprint density at radius 1 is 1.09 bits per heavy atom. The average molecular weight is 479 g/mol. The quantitative estimate of drug-likeness (QED) is 0.377. The van der Waals surface area contributed by atoms with Crippen molar-refractivity contribution in [1.82, 2.24) is 0 Å². The van der Waals surface area contributed by atoms with Crippen LogP contribution in [0.5, 0.6) is 5.75 Å². The van der Waals surface area contributed by atoms with Gasteiger partial charge in [0.15, 0.2) is 23.1 Å². The summed E-state index contributed by atoms with van der Waals surface area (Å²) in [6.07, 6.45) is -7.40. The topological polar surface area (TPSA) is 87.1 Å². The van der Waals surface area contributed by atoms with Crippen LogP contribution in [0.25, 0.3) is 11.1 Å². The molecule has 0 heterocycles. The zero-order valence-electron chi connectivity index (χ0n) is 16.1. The van der Waals surface area contributed by atoms with Crippen LogP contribution in [0.4, 0.5) is 36.5 Å². The van der Waals surface area contributed by atoms with Gasteiger partial charge in [0, 0.05) is 11.1 Å². The number of carboxylic acids is 1. The summed E-state index contributed by atoms with van der Waals surface area (Å²) < 4.78 is 99.2. The predicted octanol–water partition coefficient (Wildman–Crippen LogP) is 4.42. The number of carbonyl (C=O) groups excluding carboxylic acids is 1. The molecule has 33 heavy (non-hydrogen) atoms. The molecule has 0 aromatic heterocycles. The van der Waals surface area contributed by atoms with Crippen LogP contribution in [0, 0.1) is 17.5 Å². The first-order valence-electron chi connectivity index (χ1n) is 9.00. The Labute approximate surface area is 180 Å². The minimum absolute atomic E-state index is 0.234. The molecule has 2 aromatic rings. The molecule has 0 fully saturated rings. The molecule has 2 N–H and O–H groups in total. The van der Waals surface area contributed by atoms with Crippen LogP contribution in [0.15, 0.2) is 41.5 Å². The van der Waals surface area contributed by atoms with Crippen LogP contribution in [0.2, 0.25) is 0 Å². The van der Waals surface area contributed by atoms with Gasteiger partial charge in [-0.1, -0.05) is 16.6 Å². The van der Waals surface area contributed by atoms with Gasteiger partial charge in [0.2, 0.25) is 0 Å². The zero-order valence-corrected chi connectivity index (χ0v) is 16.1. The summed E-state index contributed by atoms with van der Waals surface area (Å²) in [5.74, 6) is -10.4. The lowest BCUT2D eigenvalue weighted by Crippen LogP contribution is -2.30. The first-order valence-corrected chi connectivity index (χ1v) is 9.00. The minimum atomic E-state index is -5.10. The fourth-order valence-electron chi connectivity index (χ4n) is 3.30. The van der Waals surface area contributed by atoms with Crippen LogP contribution in [-0.2, 0) is 9.59 Å². The third kappa shape index (κ3) is 4.77. The van der Waals surface area contributed by atoms with Gasteiger partial charge >= 0.3 is 12.3 Å². The summed E-state index contributed by atoms with van der Waals surface area (Å²) in [5, 5.41) is 17.7. The summed E-state index contributed by atoms with van der Waals surface area (Å²) in [4.78, 5) is 23.5. The second-order valence-corrected chi connectivity index (χ2v) is 6.80. The lowest BCUT2D eigenvalue weighted by atomic mass is 10.0. The molecule has 1 amide bonds. The van der Waals surface area contributed by atoms with Gasteiger partial charge in [-0.3, -0.25) is 4.79 Å². The number of aliphatic hydroxyl groups is 1. The highest BCUT2D eigenvalue weighted by atomic mass is 19.4. The Morgan fingerprint density at radius 3 is 2.36 bits per heavy atom. The van der Waals surface area contributed by atoms with Gasteiger partial charge in [-0.15, -0.1) is 18.3 Å².